The molecule has 2 amide bonds. The van der Waals surface area contributed by atoms with Crippen molar-refractivity contribution >= 4 is 46.5 Å². The second-order valence-corrected chi connectivity index (χ2v) is 12.1. The van der Waals surface area contributed by atoms with Crippen molar-refractivity contribution in [3.8, 4) is 5.75 Å². The van der Waals surface area contributed by atoms with E-state index in [2.05, 4.69) is 4.90 Å². The van der Waals surface area contributed by atoms with E-state index in [1.165, 1.54) is 0 Å². The van der Waals surface area contributed by atoms with Gasteiger partial charge < -0.3 is 19.4 Å². The van der Waals surface area contributed by atoms with Gasteiger partial charge in [0.25, 0.3) is 0 Å². The summed E-state index contributed by atoms with van der Waals surface area (Å²) < 4.78 is 5.66. The molecule has 4 rings (SSSR count). The molecule has 8 nitrogen and oxygen atoms in total. The van der Waals surface area contributed by atoms with Gasteiger partial charge in [0.2, 0.25) is 11.8 Å². The molecule has 2 aromatic rings. The Hall–Kier alpha value is -3.17. The zero-order chi connectivity index (χ0) is 31.1. The molecule has 2 aromatic carbocycles. The summed E-state index contributed by atoms with van der Waals surface area (Å²) >= 11 is 12.4. The number of allylic oxidation sites excluding steroid dienone is 3. The van der Waals surface area contributed by atoms with Crippen LogP contribution in [0.1, 0.15) is 25.3 Å². The molecule has 0 aromatic heterocycles. The van der Waals surface area contributed by atoms with Crippen molar-refractivity contribution in [2.45, 2.75) is 32.2 Å². The summed E-state index contributed by atoms with van der Waals surface area (Å²) in [5.74, 6) is 0.769. The van der Waals surface area contributed by atoms with E-state index < -0.39 is 6.04 Å². The number of nitrogens with zero attached hydrogens (tertiary/aromatic N) is 5. The summed E-state index contributed by atoms with van der Waals surface area (Å²) in [7, 11) is 7.96. The topological polar surface area (TPSA) is 68.7 Å². The van der Waals surface area contributed by atoms with Crippen molar-refractivity contribution in [2.24, 2.45) is 10.9 Å². The molecule has 10 heteroatoms. The SMILES string of the molecule is CCOc1ccc(N2C(=O)C3CC=CC=C3N=C2C(CCN(C)C)N(CCN(C)C)C(=O)Cc2ccc(Cl)c(Cl)c2)cc1. The Morgan fingerprint density at radius 1 is 1.02 bits per heavy atom. The number of fused-ring (bicyclic) bond motifs is 1. The Labute approximate surface area is 265 Å². The van der Waals surface area contributed by atoms with Crippen LogP contribution in [0, 0.1) is 5.92 Å². The molecule has 1 aliphatic carbocycles. The Bertz CT molecular complexity index is 1390. The van der Waals surface area contributed by atoms with Gasteiger partial charge in [-0.2, -0.15) is 0 Å². The van der Waals surface area contributed by atoms with Gasteiger partial charge >= 0.3 is 0 Å². The third-order valence-electron chi connectivity index (χ3n) is 7.50. The van der Waals surface area contributed by atoms with E-state index in [9.17, 15) is 9.59 Å². The highest BCUT2D eigenvalue weighted by Gasteiger charge is 2.41. The Balaban J connectivity index is 1.81. The molecule has 2 unspecified atom stereocenters. The van der Waals surface area contributed by atoms with Gasteiger partial charge in [0.1, 0.15) is 11.6 Å². The van der Waals surface area contributed by atoms with Crippen LogP contribution in [-0.4, -0.2) is 92.8 Å². The zero-order valence-electron chi connectivity index (χ0n) is 25.6. The third kappa shape index (κ3) is 8.26. The molecule has 0 saturated carbocycles. The van der Waals surface area contributed by atoms with Gasteiger partial charge in [-0.15, -0.1) is 0 Å². The zero-order valence-corrected chi connectivity index (χ0v) is 27.1. The molecule has 1 heterocycles. The molecule has 0 bridgehead atoms. The Kier molecular flexibility index (Phi) is 11.4. The second kappa shape index (κ2) is 15.0. The van der Waals surface area contributed by atoms with E-state index in [-0.39, 0.29) is 24.2 Å². The van der Waals surface area contributed by atoms with Gasteiger partial charge in [-0.05, 0) is 103 Å². The molecule has 0 saturated heterocycles. The molecule has 1 aliphatic heterocycles. The van der Waals surface area contributed by atoms with Crippen LogP contribution >= 0.6 is 23.2 Å². The number of hydrogen-bond acceptors (Lipinski definition) is 6. The number of carbonyl (C=O) groups excluding carboxylic acids is 2. The van der Waals surface area contributed by atoms with Gasteiger partial charge in [-0.3, -0.25) is 14.5 Å². The number of amides is 2. The van der Waals surface area contributed by atoms with Crippen LogP contribution in [0.15, 0.2) is 71.4 Å². The fraction of sp³-hybridized carbons (Fsp3) is 0.424. The predicted molar refractivity (Wildman–Crippen MR) is 175 cm³/mol. The molecular weight excluding hydrogens is 585 g/mol. The lowest BCUT2D eigenvalue weighted by Gasteiger charge is -2.41. The van der Waals surface area contributed by atoms with E-state index >= 15 is 0 Å². The summed E-state index contributed by atoms with van der Waals surface area (Å²) in [6, 6.07) is 12.3. The highest BCUT2D eigenvalue weighted by molar-refractivity contribution is 6.42. The molecular formula is C33H41Cl2N5O3. The Morgan fingerprint density at radius 2 is 1.74 bits per heavy atom. The van der Waals surface area contributed by atoms with E-state index in [0.29, 0.717) is 60.7 Å². The van der Waals surface area contributed by atoms with Gasteiger partial charge in [0.05, 0.1) is 46.4 Å². The maximum absolute atomic E-state index is 14.2. The predicted octanol–water partition coefficient (Wildman–Crippen LogP) is 5.55. The summed E-state index contributed by atoms with van der Waals surface area (Å²) in [5.41, 5.74) is 2.19. The molecule has 2 aliphatic rings. The maximum atomic E-state index is 14.2. The fourth-order valence-electron chi connectivity index (χ4n) is 5.25. The number of halogens is 2. The summed E-state index contributed by atoms with van der Waals surface area (Å²) in [4.78, 5) is 41.3. The van der Waals surface area contributed by atoms with Crippen molar-refractivity contribution < 1.29 is 14.3 Å². The fourth-order valence-corrected chi connectivity index (χ4v) is 5.57. The number of aliphatic imine (C=N–C) groups is 1. The first-order valence-corrected chi connectivity index (χ1v) is 15.4. The van der Waals surface area contributed by atoms with E-state index in [1.54, 1.807) is 17.0 Å². The van der Waals surface area contributed by atoms with Crippen molar-refractivity contribution in [1.29, 1.82) is 0 Å². The van der Waals surface area contributed by atoms with Crippen LogP contribution in [0.4, 0.5) is 5.69 Å². The highest BCUT2D eigenvalue weighted by atomic mass is 35.5. The number of amidine groups is 1. The first kappa shape index (κ1) is 32.7. The lowest BCUT2D eigenvalue weighted by atomic mass is 9.92. The highest BCUT2D eigenvalue weighted by Crippen LogP contribution is 2.34. The summed E-state index contributed by atoms with van der Waals surface area (Å²) in [6.07, 6.45) is 7.16. The number of rotatable bonds is 13. The van der Waals surface area contributed by atoms with Crippen LogP contribution in [0.25, 0.3) is 0 Å². The Morgan fingerprint density at radius 3 is 2.40 bits per heavy atom. The molecule has 0 fully saturated rings. The number of likely N-dealkylation sites (N-methyl/N-ethyl adjacent to an activating group) is 1. The minimum Gasteiger partial charge on any atom is -0.494 e. The van der Waals surface area contributed by atoms with Crippen LogP contribution < -0.4 is 9.64 Å². The number of anilines is 1. The molecule has 0 N–H and O–H groups in total. The van der Waals surface area contributed by atoms with Crippen molar-refractivity contribution in [1.82, 2.24) is 14.7 Å². The average molecular weight is 627 g/mol. The van der Waals surface area contributed by atoms with E-state index in [0.717, 1.165) is 17.0 Å². The smallest absolute Gasteiger partial charge is 0.241 e. The average Bonchev–Trinajstić information content (AvgIpc) is 2.97. The van der Waals surface area contributed by atoms with Crippen LogP contribution in [0.2, 0.25) is 10.0 Å². The van der Waals surface area contributed by atoms with Crippen LogP contribution in [0.5, 0.6) is 5.75 Å². The van der Waals surface area contributed by atoms with Crippen molar-refractivity contribution in [3.05, 3.63) is 82.0 Å². The minimum atomic E-state index is -0.471. The van der Waals surface area contributed by atoms with Gasteiger partial charge in [-0.1, -0.05) is 41.4 Å². The molecule has 0 radical (unpaired) electrons. The number of carbonyl (C=O) groups is 2. The first-order chi connectivity index (χ1) is 20.6. The molecule has 0 spiro atoms. The van der Waals surface area contributed by atoms with Gasteiger partial charge in [0.15, 0.2) is 0 Å². The van der Waals surface area contributed by atoms with Crippen molar-refractivity contribution in [2.75, 3.05) is 59.3 Å². The lowest BCUT2D eigenvalue weighted by molar-refractivity contribution is -0.132. The minimum absolute atomic E-state index is 0.0518. The van der Waals surface area contributed by atoms with Crippen molar-refractivity contribution in [3.63, 3.8) is 0 Å². The van der Waals surface area contributed by atoms with Gasteiger partial charge in [-0.25, -0.2) is 4.99 Å². The first-order valence-electron chi connectivity index (χ1n) is 14.6. The maximum Gasteiger partial charge on any atom is 0.241 e. The second-order valence-electron chi connectivity index (χ2n) is 11.3. The molecule has 230 valence electrons. The third-order valence-corrected chi connectivity index (χ3v) is 8.24. The molecule has 43 heavy (non-hydrogen) atoms. The van der Waals surface area contributed by atoms with Crippen LogP contribution in [-0.2, 0) is 16.0 Å². The normalized spacial score (nSPS) is 17.1. The lowest BCUT2D eigenvalue weighted by Crippen LogP contribution is -2.57. The van der Waals surface area contributed by atoms with E-state index in [4.69, 9.17) is 32.9 Å². The van der Waals surface area contributed by atoms with Gasteiger partial charge in [0, 0.05) is 13.1 Å². The number of ether oxygens (including phenoxy) is 1. The monoisotopic (exact) mass is 625 g/mol. The largest absolute Gasteiger partial charge is 0.494 e. The quantitative estimate of drug-likeness (QED) is 0.292. The molecule has 2 atom stereocenters. The number of hydrogen-bond donors (Lipinski definition) is 0. The summed E-state index contributed by atoms with van der Waals surface area (Å²) in [5, 5.41) is 0.847. The number of benzene rings is 2. The summed E-state index contributed by atoms with van der Waals surface area (Å²) in [6.45, 7) is 4.27. The standard InChI is InChI=1S/C33H41Cl2N5O3/c1-6-43-25-14-12-24(13-15-25)40-32(36-29-10-8-7-9-26(29)33(40)42)30(17-18-37(2)3)39(20-19-38(4)5)31(41)22-23-11-16-27(34)28(35)21-23/h7-8,10-16,21,26,30H,6,9,17-20,22H2,1-5H3. The van der Waals surface area contributed by atoms with E-state index in [1.807, 2.05) is 93.5 Å². The van der Waals surface area contributed by atoms with Crippen LogP contribution in [0.3, 0.4) is 0 Å².